The minimum absolute atomic E-state index is 0.332. The zero-order valence-corrected chi connectivity index (χ0v) is 13.8. The van der Waals surface area contributed by atoms with Crippen molar-refractivity contribution in [2.24, 2.45) is 0 Å². The molecule has 0 unspecified atom stereocenters. The molecule has 2 aromatic carbocycles. The number of para-hydroxylation sites is 1. The summed E-state index contributed by atoms with van der Waals surface area (Å²) in [5, 5.41) is 3.40. The van der Waals surface area contributed by atoms with Crippen LogP contribution in [0, 0.1) is 0 Å². The van der Waals surface area contributed by atoms with E-state index in [0.29, 0.717) is 11.3 Å². The highest BCUT2D eigenvalue weighted by molar-refractivity contribution is 5.91. The van der Waals surface area contributed by atoms with Gasteiger partial charge in [-0.15, -0.1) is 0 Å². The summed E-state index contributed by atoms with van der Waals surface area (Å²) in [6.07, 6.45) is 1.12. The van der Waals surface area contributed by atoms with Crippen LogP contribution < -0.4 is 10.1 Å². The van der Waals surface area contributed by atoms with Crippen LogP contribution >= 0.6 is 0 Å². The highest BCUT2D eigenvalue weighted by atomic mass is 16.5. The van der Waals surface area contributed by atoms with Gasteiger partial charge in [0.2, 0.25) is 0 Å². The van der Waals surface area contributed by atoms with Crippen LogP contribution in [0.2, 0.25) is 0 Å². The molecular weight excluding hydrogens is 288 g/mol. The van der Waals surface area contributed by atoms with E-state index in [9.17, 15) is 4.79 Å². The molecule has 0 amide bonds. The maximum absolute atomic E-state index is 12.0. The number of nitrogens with one attached hydrogen (secondary N) is 1. The molecule has 0 saturated carbocycles. The second-order valence-corrected chi connectivity index (χ2v) is 5.73. The Labute approximate surface area is 138 Å². The first-order valence-electron chi connectivity index (χ1n) is 7.87. The van der Waals surface area contributed by atoms with E-state index >= 15 is 0 Å². The molecule has 2 rings (SSSR count). The summed E-state index contributed by atoms with van der Waals surface area (Å²) in [4.78, 5) is 14.2. The Morgan fingerprint density at radius 1 is 1.04 bits per heavy atom. The van der Waals surface area contributed by atoms with E-state index in [1.54, 1.807) is 12.1 Å². The van der Waals surface area contributed by atoms with E-state index in [0.717, 1.165) is 31.6 Å². The molecule has 2 aromatic rings. The lowest BCUT2D eigenvalue weighted by Crippen LogP contribution is -2.21. The Bertz CT molecular complexity index is 595. The number of hydrogen-bond donors (Lipinski definition) is 1. The molecule has 4 nitrogen and oxygen atoms in total. The Morgan fingerprint density at radius 3 is 2.39 bits per heavy atom. The van der Waals surface area contributed by atoms with Crippen molar-refractivity contribution in [3.63, 3.8) is 0 Å². The predicted octanol–water partition coefficient (Wildman–Crippen LogP) is 2.95. The van der Waals surface area contributed by atoms with Crippen LogP contribution in [-0.4, -0.2) is 38.1 Å². The van der Waals surface area contributed by atoms with Crippen LogP contribution in [0.1, 0.15) is 22.3 Å². The molecule has 0 radical (unpaired) electrons. The van der Waals surface area contributed by atoms with Gasteiger partial charge in [0.1, 0.15) is 5.75 Å². The highest BCUT2D eigenvalue weighted by Gasteiger charge is 2.08. The van der Waals surface area contributed by atoms with Crippen molar-refractivity contribution in [2.75, 3.05) is 27.2 Å². The number of nitrogens with zero attached hydrogens (tertiary/aromatic N) is 1. The van der Waals surface area contributed by atoms with Gasteiger partial charge in [-0.1, -0.05) is 30.3 Å². The van der Waals surface area contributed by atoms with Crippen LogP contribution in [0.15, 0.2) is 54.6 Å². The molecule has 0 heterocycles. The van der Waals surface area contributed by atoms with Gasteiger partial charge in [-0.3, -0.25) is 0 Å². The van der Waals surface area contributed by atoms with Gasteiger partial charge in [-0.05, 0) is 63.4 Å². The van der Waals surface area contributed by atoms with Gasteiger partial charge in [0.05, 0.1) is 5.56 Å². The van der Waals surface area contributed by atoms with Gasteiger partial charge in [-0.25, -0.2) is 4.79 Å². The van der Waals surface area contributed by atoms with Gasteiger partial charge in [-0.2, -0.15) is 0 Å². The first-order valence-corrected chi connectivity index (χ1v) is 7.87. The van der Waals surface area contributed by atoms with E-state index in [2.05, 4.69) is 24.3 Å². The zero-order valence-electron chi connectivity index (χ0n) is 13.8. The summed E-state index contributed by atoms with van der Waals surface area (Å²) in [5.74, 6) is 0.228. The minimum atomic E-state index is -0.332. The van der Waals surface area contributed by atoms with Gasteiger partial charge in [0, 0.05) is 6.54 Å². The zero-order chi connectivity index (χ0) is 16.5. The number of rotatable bonds is 8. The second kappa shape index (κ2) is 9.08. The SMILES string of the molecule is CN(C)CCCNCc1ccc(C(=O)Oc2ccccc2)cc1. The average Bonchev–Trinajstić information content (AvgIpc) is 2.56. The predicted molar refractivity (Wildman–Crippen MR) is 92.7 cm³/mol. The Kier molecular flexibility index (Phi) is 6.78. The van der Waals surface area contributed by atoms with E-state index in [1.807, 2.05) is 42.5 Å². The molecule has 0 bridgehead atoms. The summed E-state index contributed by atoms with van der Waals surface area (Å²) in [7, 11) is 4.15. The van der Waals surface area contributed by atoms with Crippen LogP contribution in [0.3, 0.4) is 0 Å². The number of esters is 1. The first-order chi connectivity index (χ1) is 11.1. The topological polar surface area (TPSA) is 41.6 Å². The van der Waals surface area contributed by atoms with Crippen LogP contribution in [0.5, 0.6) is 5.75 Å². The number of benzene rings is 2. The first kappa shape index (κ1) is 17.2. The van der Waals surface area contributed by atoms with E-state index < -0.39 is 0 Å². The molecule has 0 aliphatic carbocycles. The van der Waals surface area contributed by atoms with Crippen molar-refractivity contribution in [3.8, 4) is 5.75 Å². The van der Waals surface area contributed by atoms with Crippen molar-refractivity contribution in [3.05, 3.63) is 65.7 Å². The van der Waals surface area contributed by atoms with Crippen molar-refractivity contribution in [1.29, 1.82) is 0 Å². The summed E-state index contributed by atoms with van der Waals surface area (Å²) >= 11 is 0. The number of hydrogen-bond acceptors (Lipinski definition) is 4. The molecular formula is C19H24N2O2. The number of carbonyl (C=O) groups is 1. The van der Waals surface area contributed by atoms with Gasteiger partial charge >= 0.3 is 5.97 Å². The summed E-state index contributed by atoms with van der Waals surface area (Å²) in [6, 6.07) is 16.6. The maximum Gasteiger partial charge on any atom is 0.343 e. The monoisotopic (exact) mass is 312 g/mol. The fourth-order valence-corrected chi connectivity index (χ4v) is 2.17. The molecule has 0 fully saturated rings. The molecule has 1 N–H and O–H groups in total. The quantitative estimate of drug-likeness (QED) is 0.462. The van der Waals surface area contributed by atoms with E-state index in [4.69, 9.17) is 4.74 Å². The molecule has 0 aliphatic rings. The molecule has 0 saturated heterocycles. The fraction of sp³-hybridized carbons (Fsp3) is 0.316. The van der Waals surface area contributed by atoms with Gasteiger partial charge in [0.25, 0.3) is 0 Å². The second-order valence-electron chi connectivity index (χ2n) is 5.73. The molecule has 23 heavy (non-hydrogen) atoms. The fourth-order valence-electron chi connectivity index (χ4n) is 2.17. The standard InChI is InChI=1S/C19H24N2O2/c1-21(2)14-6-13-20-15-16-9-11-17(12-10-16)19(22)23-18-7-4-3-5-8-18/h3-5,7-12,20H,6,13-15H2,1-2H3. The Balaban J connectivity index is 1.78. The van der Waals surface area contributed by atoms with Gasteiger partial charge in [0.15, 0.2) is 0 Å². The summed E-state index contributed by atoms with van der Waals surface area (Å²) in [5.41, 5.74) is 1.72. The molecule has 0 aromatic heterocycles. The van der Waals surface area contributed by atoms with Crippen molar-refractivity contribution in [1.82, 2.24) is 10.2 Å². The third-order valence-electron chi connectivity index (χ3n) is 3.43. The Morgan fingerprint density at radius 2 is 1.74 bits per heavy atom. The molecule has 122 valence electrons. The largest absolute Gasteiger partial charge is 0.423 e. The summed E-state index contributed by atoms with van der Waals surface area (Å²) < 4.78 is 5.32. The molecule has 0 aliphatic heterocycles. The maximum atomic E-state index is 12.0. The number of carbonyl (C=O) groups excluding carboxylic acids is 1. The highest BCUT2D eigenvalue weighted by Crippen LogP contribution is 2.12. The molecule has 0 atom stereocenters. The van der Waals surface area contributed by atoms with Crippen LogP contribution in [0.25, 0.3) is 0 Å². The third-order valence-corrected chi connectivity index (χ3v) is 3.43. The van der Waals surface area contributed by atoms with Crippen molar-refractivity contribution in [2.45, 2.75) is 13.0 Å². The number of ether oxygens (including phenoxy) is 1. The van der Waals surface area contributed by atoms with Crippen molar-refractivity contribution >= 4 is 5.97 Å². The average molecular weight is 312 g/mol. The molecule has 0 spiro atoms. The van der Waals surface area contributed by atoms with E-state index in [1.165, 1.54) is 0 Å². The minimum Gasteiger partial charge on any atom is -0.423 e. The lowest BCUT2D eigenvalue weighted by atomic mass is 10.1. The molecule has 4 heteroatoms. The van der Waals surface area contributed by atoms with E-state index in [-0.39, 0.29) is 5.97 Å². The lowest BCUT2D eigenvalue weighted by molar-refractivity contribution is 0.0735. The summed E-state index contributed by atoms with van der Waals surface area (Å²) in [6.45, 7) is 2.87. The van der Waals surface area contributed by atoms with Crippen LogP contribution in [-0.2, 0) is 6.54 Å². The smallest absolute Gasteiger partial charge is 0.343 e. The van der Waals surface area contributed by atoms with Gasteiger partial charge < -0.3 is 15.0 Å². The normalized spacial score (nSPS) is 10.7. The Hall–Kier alpha value is -2.17. The lowest BCUT2D eigenvalue weighted by Gasteiger charge is -2.10. The van der Waals surface area contributed by atoms with Crippen molar-refractivity contribution < 1.29 is 9.53 Å². The van der Waals surface area contributed by atoms with Crippen LogP contribution in [0.4, 0.5) is 0 Å². The third kappa shape index (κ3) is 6.22.